The molecule has 470 valence electrons. The maximum atomic E-state index is 9.96. The van der Waals surface area contributed by atoms with Crippen LogP contribution in [0.4, 0.5) is 0 Å². The Morgan fingerprint density at radius 3 is 0.975 bits per heavy atom. The molecule has 0 aliphatic carbocycles. The molecular weight excluding hydrogens is 1020 g/mol. The molecular formula is C78H138N2Ni. The zero-order chi connectivity index (χ0) is 58.9. The van der Waals surface area contributed by atoms with Crippen molar-refractivity contribution < 1.29 is 21.3 Å². The largest absolute Gasteiger partial charge is 2.00 e. The minimum atomic E-state index is 0. The Kier molecular flexibility index (Phi) is 60.9. The van der Waals surface area contributed by atoms with Crippen LogP contribution in [0.3, 0.4) is 0 Å². The standard InChI is InChI=1S/C46H72N2.2C16H33.Ni/c1-9-17-22-26-38-33-42(34-39(27-23-18-10-2)44(38)30-25-20-12-4)46(41-31-36(14-6)43(16-8)37(15-7)32-41)45(29-21-13-5)40(35-48-47)28-24-19-11-3;2*1-3-5-7-9-11-13-15-16-14-12-10-8-6-4-2;/h31-34H,9-30H2,1-8H3;2*1,3-16H2,2H3;/q;2*-1;+2. The van der Waals surface area contributed by atoms with Crippen molar-refractivity contribution in [3.8, 4) is 0 Å². The Bertz CT molecular complexity index is 1710. The van der Waals surface area contributed by atoms with Crippen LogP contribution in [-0.2, 0) is 55.0 Å². The maximum Gasteiger partial charge on any atom is 2.00 e. The first-order chi connectivity index (χ1) is 39.3. The molecule has 0 bridgehead atoms. The molecule has 0 heterocycles. The van der Waals surface area contributed by atoms with E-state index in [-0.39, 0.29) is 16.5 Å². The molecule has 81 heavy (non-hydrogen) atoms. The first-order valence-corrected chi connectivity index (χ1v) is 35.9. The van der Waals surface area contributed by atoms with Crippen molar-refractivity contribution in [1.82, 2.24) is 0 Å². The van der Waals surface area contributed by atoms with Gasteiger partial charge in [-0.3, -0.25) is 0 Å². The van der Waals surface area contributed by atoms with Crippen molar-refractivity contribution in [2.24, 2.45) is 0 Å². The molecule has 0 saturated carbocycles. The van der Waals surface area contributed by atoms with Gasteiger partial charge in [0.25, 0.3) is 0 Å². The van der Waals surface area contributed by atoms with Crippen LogP contribution < -0.4 is 0 Å². The van der Waals surface area contributed by atoms with E-state index in [9.17, 15) is 5.53 Å². The Labute approximate surface area is 519 Å². The molecule has 0 amide bonds. The summed E-state index contributed by atoms with van der Waals surface area (Å²) in [6.45, 7) is 30.8. The molecule has 2 nitrogen and oxygen atoms in total. The molecule has 0 saturated heterocycles. The van der Waals surface area contributed by atoms with Crippen molar-refractivity contribution in [3.05, 3.63) is 99.3 Å². The van der Waals surface area contributed by atoms with Crippen LogP contribution in [-0.4, -0.2) is 10.7 Å². The smallest absolute Gasteiger partial charge is 0.348 e. The van der Waals surface area contributed by atoms with Crippen molar-refractivity contribution >= 4 is 11.4 Å². The molecule has 3 heteroatoms. The molecule has 0 aromatic heterocycles. The third kappa shape index (κ3) is 40.7. The topological polar surface area (TPSA) is 36.4 Å². The fraction of sp³-hybridized carbons (Fsp3) is 0.769. The van der Waals surface area contributed by atoms with Crippen LogP contribution in [0, 0.1) is 13.8 Å². The van der Waals surface area contributed by atoms with Gasteiger partial charge in [0, 0.05) is 0 Å². The fourth-order valence-corrected chi connectivity index (χ4v) is 12.0. The van der Waals surface area contributed by atoms with Gasteiger partial charge in [0.05, 0.1) is 5.57 Å². The number of allylic oxidation sites excluding steroid dienone is 2. The summed E-state index contributed by atoms with van der Waals surface area (Å²) in [5, 5.41) is 0. The summed E-state index contributed by atoms with van der Waals surface area (Å²) in [6.07, 6.45) is 65.3. The van der Waals surface area contributed by atoms with E-state index < -0.39 is 0 Å². The Morgan fingerprint density at radius 2 is 0.654 bits per heavy atom. The number of aryl methyl sites for hydroxylation is 4. The summed E-state index contributed by atoms with van der Waals surface area (Å²) in [5.74, 6) is 3.15. The van der Waals surface area contributed by atoms with E-state index in [1.807, 2.05) is 0 Å². The van der Waals surface area contributed by atoms with Crippen molar-refractivity contribution in [3.63, 3.8) is 0 Å². The first-order valence-electron chi connectivity index (χ1n) is 35.9. The third-order valence-corrected chi connectivity index (χ3v) is 17.1. The summed E-state index contributed by atoms with van der Waals surface area (Å²) >= 11 is 0. The monoisotopic (exact) mass is 1160 g/mol. The average Bonchev–Trinajstić information content (AvgIpc) is 3.55. The van der Waals surface area contributed by atoms with Crippen LogP contribution in [0.5, 0.6) is 0 Å². The van der Waals surface area contributed by atoms with Gasteiger partial charge in [-0.15, -0.1) is 4.79 Å². The molecule has 0 atom stereocenters. The predicted octanol–water partition coefficient (Wildman–Crippen LogP) is 26.6. The second-order valence-electron chi connectivity index (χ2n) is 24.3. The zero-order valence-electron chi connectivity index (χ0n) is 56.3. The summed E-state index contributed by atoms with van der Waals surface area (Å²) in [6, 6.07) is 10.2. The quantitative estimate of drug-likeness (QED) is 0.0120. The van der Waals surface area contributed by atoms with Gasteiger partial charge in [-0.1, -0.05) is 318 Å². The van der Waals surface area contributed by atoms with E-state index in [0.717, 1.165) is 82.6 Å². The number of rotatable bonds is 51. The first kappa shape index (κ1) is 80.9. The minimum absolute atomic E-state index is 0. The van der Waals surface area contributed by atoms with Gasteiger partial charge < -0.3 is 19.4 Å². The molecule has 0 fully saturated rings. The maximum absolute atomic E-state index is 9.96. The predicted molar refractivity (Wildman–Crippen MR) is 364 cm³/mol. The number of nitrogens with zero attached hydrogens (tertiary/aromatic N) is 2. The van der Waals surface area contributed by atoms with E-state index in [1.54, 1.807) is 16.7 Å². The SMILES string of the molecule is CCCCCC(=C=[N+]=[N-])C(CCCC)=C(c1cc(CC)c(CC)c(CC)c1)c1cc(CCCCC)c(CCCCC)c(CCCCC)c1.[CH2-]CCCCCCCCCCCCCCC.[CH2-]CCCCCCCCCCCCCCC.[Ni+2]. The Hall–Kier alpha value is -2.17. The van der Waals surface area contributed by atoms with Crippen LogP contribution in [0.25, 0.3) is 11.1 Å². The van der Waals surface area contributed by atoms with E-state index in [2.05, 4.69) is 118 Å². The number of hydrogen-bond donors (Lipinski definition) is 0. The number of unbranched alkanes of at least 4 members (excludes halogenated alkanes) is 35. The van der Waals surface area contributed by atoms with Crippen LogP contribution >= 0.6 is 0 Å². The second-order valence-corrected chi connectivity index (χ2v) is 24.3. The third-order valence-electron chi connectivity index (χ3n) is 17.1. The van der Waals surface area contributed by atoms with Gasteiger partial charge in [0.1, 0.15) is 0 Å². The Morgan fingerprint density at radius 1 is 0.346 bits per heavy atom. The second kappa shape index (κ2) is 60.9. The zero-order valence-corrected chi connectivity index (χ0v) is 57.3. The van der Waals surface area contributed by atoms with Crippen LogP contribution in [0.2, 0.25) is 0 Å². The molecule has 2 rings (SSSR count). The van der Waals surface area contributed by atoms with Crippen molar-refractivity contribution in [2.75, 3.05) is 0 Å². The molecule has 0 aliphatic heterocycles. The molecule has 0 aliphatic rings. The van der Waals surface area contributed by atoms with Crippen LogP contribution in [0.1, 0.15) is 396 Å². The van der Waals surface area contributed by atoms with Gasteiger partial charge in [-0.2, -0.15) is 12.8 Å². The van der Waals surface area contributed by atoms with Gasteiger partial charge in [0.2, 0.25) is 0 Å². The average molecular weight is 1160 g/mol. The van der Waals surface area contributed by atoms with E-state index in [4.69, 9.17) is 0 Å². The van der Waals surface area contributed by atoms with Gasteiger partial charge in [-0.05, 0) is 139 Å². The van der Waals surface area contributed by atoms with Gasteiger partial charge >= 0.3 is 22.4 Å². The molecule has 0 N–H and O–H groups in total. The van der Waals surface area contributed by atoms with Crippen molar-refractivity contribution in [1.29, 1.82) is 0 Å². The van der Waals surface area contributed by atoms with Gasteiger partial charge in [0.15, 0.2) is 0 Å². The molecule has 0 spiro atoms. The van der Waals surface area contributed by atoms with E-state index >= 15 is 0 Å². The van der Waals surface area contributed by atoms with Crippen molar-refractivity contribution in [2.45, 2.75) is 390 Å². The number of benzene rings is 2. The van der Waals surface area contributed by atoms with Crippen LogP contribution in [0.15, 0.2) is 35.4 Å². The summed E-state index contributed by atoms with van der Waals surface area (Å²) < 4.78 is 0. The molecule has 0 unspecified atom stereocenters. The molecule has 2 aromatic carbocycles. The van der Waals surface area contributed by atoms with Gasteiger partial charge in [-0.25, -0.2) is 0 Å². The number of hydrogen-bond acceptors (Lipinski definition) is 0. The molecule has 2 aromatic rings. The summed E-state index contributed by atoms with van der Waals surface area (Å²) in [4.78, 5) is 3.58. The minimum Gasteiger partial charge on any atom is -0.348 e. The van der Waals surface area contributed by atoms with E-state index in [0.29, 0.717) is 0 Å². The summed E-state index contributed by atoms with van der Waals surface area (Å²) in [7, 11) is 0. The fourth-order valence-electron chi connectivity index (χ4n) is 12.0. The van der Waals surface area contributed by atoms with E-state index in [1.165, 1.54) is 283 Å². The normalized spacial score (nSPS) is 11.3. The Balaban J connectivity index is 0. The molecule has 0 radical (unpaired) electrons. The summed E-state index contributed by atoms with van der Waals surface area (Å²) in [5.41, 5.74) is 25.8.